The fourth-order valence-corrected chi connectivity index (χ4v) is 1.36. The highest BCUT2D eigenvalue weighted by Gasteiger charge is 2.07. The Morgan fingerprint density at radius 3 is 2.90 bits per heavy atom. The van der Waals surface area contributed by atoms with Crippen molar-refractivity contribution in [2.24, 2.45) is 0 Å². The fraction of sp³-hybridized carbons (Fsp3) is 0.500. The van der Waals surface area contributed by atoms with Crippen molar-refractivity contribution in [3.05, 3.63) is 22.9 Å². The van der Waals surface area contributed by atoms with Crippen LogP contribution in [0.3, 0.4) is 0 Å². The van der Waals surface area contributed by atoms with Crippen molar-refractivity contribution in [3.63, 3.8) is 0 Å². The zero-order chi connectivity index (χ0) is 7.56. The van der Waals surface area contributed by atoms with Crippen LogP contribution in [0.5, 0.6) is 0 Å². The van der Waals surface area contributed by atoms with Crippen molar-refractivity contribution >= 4 is 11.6 Å². The van der Waals surface area contributed by atoms with Gasteiger partial charge in [0.2, 0.25) is 0 Å². The Bertz CT molecular complexity index is 182. The molecule has 56 valence electrons. The summed E-state index contributed by atoms with van der Waals surface area (Å²) in [6, 6.07) is 0.428. The van der Waals surface area contributed by atoms with Gasteiger partial charge in [0.1, 0.15) is 0 Å². The Hall–Kier alpha value is -0.430. The molecule has 0 aromatic carbocycles. The van der Waals surface area contributed by atoms with Crippen LogP contribution in [0.1, 0.15) is 20.3 Å². The van der Waals surface area contributed by atoms with E-state index in [1.165, 1.54) is 0 Å². The molecular formula is C8H12ClN. The minimum atomic E-state index is 0.428. The molecule has 0 radical (unpaired) electrons. The lowest BCUT2D eigenvalue weighted by molar-refractivity contribution is 0.640. The van der Waals surface area contributed by atoms with E-state index in [0.29, 0.717) is 6.04 Å². The molecule has 1 heterocycles. The van der Waals surface area contributed by atoms with Crippen LogP contribution in [-0.2, 0) is 0 Å². The van der Waals surface area contributed by atoms with Crippen LogP contribution < -0.4 is 5.32 Å². The second kappa shape index (κ2) is 3.11. The van der Waals surface area contributed by atoms with E-state index in [-0.39, 0.29) is 0 Å². The molecule has 2 heteroatoms. The maximum Gasteiger partial charge on any atom is 0.0455 e. The van der Waals surface area contributed by atoms with Crippen molar-refractivity contribution in [2.45, 2.75) is 26.3 Å². The monoisotopic (exact) mass is 157 g/mol. The van der Waals surface area contributed by atoms with Gasteiger partial charge < -0.3 is 5.32 Å². The van der Waals surface area contributed by atoms with E-state index < -0.39 is 0 Å². The molecule has 0 saturated heterocycles. The van der Waals surface area contributed by atoms with Crippen LogP contribution in [0.25, 0.3) is 0 Å². The van der Waals surface area contributed by atoms with Gasteiger partial charge in [-0.1, -0.05) is 18.5 Å². The Balaban J connectivity index is 2.67. The molecule has 1 aliphatic heterocycles. The normalized spacial score (nSPS) is 24.9. The SMILES string of the molecule is CCC1C=C(Cl)C=C(C)N1. The molecule has 1 aliphatic rings. The van der Waals surface area contributed by atoms with Crippen molar-refractivity contribution in [2.75, 3.05) is 0 Å². The number of nitrogens with one attached hydrogen (secondary N) is 1. The third-order valence-electron chi connectivity index (χ3n) is 1.57. The number of rotatable bonds is 1. The maximum absolute atomic E-state index is 5.83. The highest BCUT2D eigenvalue weighted by Crippen LogP contribution is 2.14. The quantitative estimate of drug-likeness (QED) is 0.617. The fourth-order valence-electron chi connectivity index (χ4n) is 1.04. The molecule has 10 heavy (non-hydrogen) atoms. The Kier molecular flexibility index (Phi) is 2.39. The third kappa shape index (κ3) is 1.77. The number of halogens is 1. The Morgan fingerprint density at radius 1 is 1.70 bits per heavy atom. The van der Waals surface area contributed by atoms with Crippen LogP contribution in [0, 0.1) is 0 Å². The average Bonchev–Trinajstić information content (AvgIpc) is 1.85. The van der Waals surface area contributed by atoms with Crippen LogP contribution in [0.2, 0.25) is 0 Å². The van der Waals surface area contributed by atoms with Gasteiger partial charge in [-0.15, -0.1) is 0 Å². The van der Waals surface area contributed by atoms with E-state index in [1.807, 2.05) is 19.1 Å². The molecule has 0 aromatic rings. The van der Waals surface area contributed by atoms with E-state index in [9.17, 15) is 0 Å². The van der Waals surface area contributed by atoms with Gasteiger partial charge in [-0.3, -0.25) is 0 Å². The van der Waals surface area contributed by atoms with Crippen LogP contribution in [-0.4, -0.2) is 6.04 Å². The summed E-state index contributed by atoms with van der Waals surface area (Å²) in [6.07, 6.45) is 5.06. The molecule has 0 saturated carbocycles. The average molecular weight is 158 g/mol. The summed E-state index contributed by atoms with van der Waals surface area (Å²) in [5.41, 5.74) is 1.15. The summed E-state index contributed by atoms with van der Waals surface area (Å²) in [5.74, 6) is 0. The van der Waals surface area contributed by atoms with Gasteiger partial charge in [-0.25, -0.2) is 0 Å². The lowest BCUT2D eigenvalue weighted by atomic mass is 10.1. The number of hydrogen-bond acceptors (Lipinski definition) is 1. The van der Waals surface area contributed by atoms with Crippen molar-refractivity contribution < 1.29 is 0 Å². The van der Waals surface area contributed by atoms with Gasteiger partial charge in [-0.05, 0) is 25.5 Å². The molecule has 0 fully saturated rings. The van der Waals surface area contributed by atoms with Crippen molar-refractivity contribution in [3.8, 4) is 0 Å². The Morgan fingerprint density at radius 2 is 2.40 bits per heavy atom. The first kappa shape index (κ1) is 7.67. The summed E-state index contributed by atoms with van der Waals surface area (Å²) in [5, 5.41) is 4.15. The minimum Gasteiger partial charge on any atom is -0.382 e. The highest BCUT2D eigenvalue weighted by molar-refractivity contribution is 6.31. The zero-order valence-corrected chi connectivity index (χ0v) is 7.07. The third-order valence-corrected chi connectivity index (χ3v) is 1.80. The van der Waals surface area contributed by atoms with E-state index in [2.05, 4.69) is 12.2 Å². The first-order valence-corrected chi connectivity index (χ1v) is 3.92. The predicted octanol–water partition coefficient (Wildman–Crippen LogP) is 2.39. The number of hydrogen-bond donors (Lipinski definition) is 1. The molecule has 0 aromatic heterocycles. The lowest BCUT2D eigenvalue weighted by Gasteiger charge is -2.18. The first-order chi connectivity index (χ1) is 4.72. The number of dihydropyridines is 1. The highest BCUT2D eigenvalue weighted by atomic mass is 35.5. The van der Waals surface area contributed by atoms with Crippen LogP contribution in [0.4, 0.5) is 0 Å². The van der Waals surface area contributed by atoms with Crippen molar-refractivity contribution in [1.29, 1.82) is 0 Å². The molecule has 1 nitrogen and oxygen atoms in total. The van der Waals surface area contributed by atoms with E-state index in [1.54, 1.807) is 0 Å². The van der Waals surface area contributed by atoms with Crippen LogP contribution in [0.15, 0.2) is 22.9 Å². The summed E-state index contributed by atoms with van der Waals surface area (Å²) >= 11 is 5.83. The molecule has 0 bridgehead atoms. The first-order valence-electron chi connectivity index (χ1n) is 3.54. The number of allylic oxidation sites excluding steroid dienone is 3. The van der Waals surface area contributed by atoms with Gasteiger partial charge in [0.15, 0.2) is 0 Å². The maximum atomic E-state index is 5.83. The molecule has 1 unspecified atom stereocenters. The van der Waals surface area contributed by atoms with Gasteiger partial charge in [0.25, 0.3) is 0 Å². The molecule has 1 N–H and O–H groups in total. The topological polar surface area (TPSA) is 12.0 Å². The molecule has 0 amide bonds. The van der Waals surface area contributed by atoms with Crippen molar-refractivity contribution in [1.82, 2.24) is 5.32 Å². The lowest BCUT2D eigenvalue weighted by Crippen LogP contribution is -2.27. The smallest absolute Gasteiger partial charge is 0.0455 e. The van der Waals surface area contributed by atoms with Gasteiger partial charge >= 0.3 is 0 Å². The van der Waals surface area contributed by atoms with E-state index >= 15 is 0 Å². The molecule has 1 rings (SSSR count). The second-order valence-electron chi connectivity index (χ2n) is 2.54. The van der Waals surface area contributed by atoms with E-state index in [4.69, 9.17) is 11.6 Å². The summed E-state index contributed by atoms with van der Waals surface area (Å²) in [6.45, 7) is 4.16. The van der Waals surface area contributed by atoms with Crippen LogP contribution >= 0.6 is 11.6 Å². The summed E-state index contributed by atoms with van der Waals surface area (Å²) in [7, 11) is 0. The largest absolute Gasteiger partial charge is 0.382 e. The Labute approximate surface area is 66.8 Å². The second-order valence-corrected chi connectivity index (χ2v) is 2.97. The zero-order valence-electron chi connectivity index (χ0n) is 6.32. The summed E-state index contributed by atoms with van der Waals surface area (Å²) < 4.78 is 0. The standard InChI is InChI=1S/C8H12ClN/c1-3-8-5-7(9)4-6(2)10-8/h4-5,8,10H,3H2,1-2H3. The van der Waals surface area contributed by atoms with Gasteiger partial charge in [-0.2, -0.15) is 0 Å². The van der Waals surface area contributed by atoms with E-state index in [0.717, 1.165) is 17.2 Å². The minimum absolute atomic E-state index is 0.428. The molecule has 0 aliphatic carbocycles. The molecule has 1 atom stereocenters. The molecular weight excluding hydrogens is 146 g/mol. The summed E-state index contributed by atoms with van der Waals surface area (Å²) in [4.78, 5) is 0. The predicted molar refractivity (Wildman–Crippen MR) is 44.9 cm³/mol. The molecule has 0 spiro atoms. The van der Waals surface area contributed by atoms with Gasteiger partial charge in [0, 0.05) is 16.8 Å². The van der Waals surface area contributed by atoms with Gasteiger partial charge in [0.05, 0.1) is 0 Å².